The summed E-state index contributed by atoms with van der Waals surface area (Å²) in [6, 6.07) is 7.40. The Kier molecular flexibility index (Phi) is 3.62. The Labute approximate surface area is 132 Å². The summed E-state index contributed by atoms with van der Waals surface area (Å²) in [5.41, 5.74) is 0.998. The summed E-state index contributed by atoms with van der Waals surface area (Å²) < 4.78 is 0.717. The molecule has 0 amide bonds. The molecular formula is C14H9N3O5S. The van der Waals surface area contributed by atoms with Crippen LogP contribution in [0.1, 0.15) is 10.4 Å². The predicted octanol–water partition coefficient (Wildman–Crippen LogP) is 0.909. The maximum Gasteiger partial charge on any atom is 0.340 e. The van der Waals surface area contributed by atoms with Crippen molar-refractivity contribution in [3.8, 4) is 5.75 Å². The quantitative estimate of drug-likeness (QED) is 0.590. The maximum atomic E-state index is 11.2. The summed E-state index contributed by atoms with van der Waals surface area (Å²) in [5, 5.41) is 19.2. The van der Waals surface area contributed by atoms with Gasteiger partial charge in [-0.2, -0.15) is 4.68 Å². The zero-order chi connectivity index (χ0) is 16.6. The molecule has 116 valence electrons. The molecule has 2 aromatic heterocycles. The molecule has 2 heterocycles. The summed E-state index contributed by atoms with van der Waals surface area (Å²) >= 11 is 1.12. The van der Waals surface area contributed by atoms with Crippen molar-refractivity contribution in [2.45, 2.75) is 9.92 Å². The molecule has 23 heavy (non-hydrogen) atoms. The molecule has 0 saturated carbocycles. The zero-order valence-electron chi connectivity index (χ0n) is 11.4. The number of aromatic hydroxyl groups is 1. The summed E-state index contributed by atoms with van der Waals surface area (Å²) in [4.78, 5) is 37.9. The Hall–Kier alpha value is -3.07. The first-order valence-electron chi connectivity index (χ1n) is 6.31. The predicted molar refractivity (Wildman–Crippen MR) is 81.8 cm³/mol. The van der Waals surface area contributed by atoms with Crippen LogP contribution in [0.4, 0.5) is 5.69 Å². The number of anilines is 1. The molecule has 1 aromatic carbocycles. The highest BCUT2D eigenvalue weighted by molar-refractivity contribution is 7.99. The van der Waals surface area contributed by atoms with Crippen molar-refractivity contribution in [1.29, 1.82) is 0 Å². The van der Waals surface area contributed by atoms with Gasteiger partial charge < -0.3 is 10.2 Å². The Morgan fingerprint density at radius 3 is 2.57 bits per heavy atom. The van der Waals surface area contributed by atoms with Crippen LogP contribution < -0.4 is 16.5 Å². The first-order valence-corrected chi connectivity index (χ1v) is 7.13. The minimum Gasteiger partial charge on any atom is -0.505 e. The van der Waals surface area contributed by atoms with E-state index in [2.05, 4.69) is 10.4 Å². The summed E-state index contributed by atoms with van der Waals surface area (Å²) in [5.74, 6) is -1.21. The average Bonchev–Trinajstić information content (AvgIpc) is 3.08. The second kappa shape index (κ2) is 5.61. The third kappa shape index (κ3) is 2.94. The fraction of sp³-hybridized carbons (Fsp3) is 0. The first kappa shape index (κ1) is 14.9. The lowest BCUT2D eigenvalue weighted by Gasteiger charge is -2.09. The molecule has 0 saturated heterocycles. The number of rotatable bonds is 5. The number of benzene rings is 1. The van der Waals surface area contributed by atoms with Crippen LogP contribution in [0.15, 0.2) is 56.0 Å². The Morgan fingerprint density at radius 2 is 1.96 bits per heavy atom. The lowest BCUT2D eigenvalue weighted by molar-refractivity contribution is 0.0698. The van der Waals surface area contributed by atoms with Gasteiger partial charge in [0.15, 0.2) is 0 Å². The molecule has 9 heteroatoms. The maximum absolute atomic E-state index is 11.2. The van der Waals surface area contributed by atoms with Crippen molar-refractivity contribution in [2.24, 2.45) is 0 Å². The van der Waals surface area contributed by atoms with Crippen molar-refractivity contribution < 1.29 is 15.0 Å². The monoisotopic (exact) mass is 331 g/mol. The van der Waals surface area contributed by atoms with Crippen LogP contribution in [-0.4, -0.2) is 25.8 Å². The standard InChI is InChI=1S/C14H9N3O5S/c18-10-2-1-5-15-11(10)23-7-3-4-8(14(21)22)9(6-7)16-17-12(19)13(17)20/h1-6,16,18H,(H,21,22). The van der Waals surface area contributed by atoms with E-state index in [0.29, 0.717) is 14.6 Å². The number of carboxylic acids is 1. The molecule has 3 rings (SSSR count). The van der Waals surface area contributed by atoms with E-state index in [9.17, 15) is 19.5 Å². The number of aromatic nitrogens is 2. The lowest BCUT2D eigenvalue weighted by Crippen LogP contribution is -2.12. The molecule has 0 aliphatic rings. The molecule has 0 spiro atoms. The number of carbonyl (C=O) groups is 1. The third-order valence-electron chi connectivity index (χ3n) is 2.96. The normalized spacial score (nSPS) is 10.8. The molecule has 0 radical (unpaired) electrons. The summed E-state index contributed by atoms with van der Waals surface area (Å²) in [6.07, 6.45) is 1.51. The highest BCUT2D eigenvalue weighted by atomic mass is 32.2. The molecule has 0 atom stereocenters. The third-order valence-corrected chi connectivity index (χ3v) is 3.96. The largest absolute Gasteiger partial charge is 0.505 e. The average molecular weight is 331 g/mol. The molecule has 0 fully saturated rings. The van der Waals surface area contributed by atoms with Gasteiger partial charge in [-0.15, -0.1) is 0 Å². The van der Waals surface area contributed by atoms with Gasteiger partial charge in [0.25, 0.3) is 0 Å². The van der Waals surface area contributed by atoms with Crippen molar-refractivity contribution in [3.63, 3.8) is 0 Å². The van der Waals surface area contributed by atoms with Gasteiger partial charge in [-0.25, -0.2) is 9.78 Å². The number of hydrogen-bond donors (Lipinski definition) is 3. The van der Waals surface area contributed by atoms with Crippen LogP contribution in [0.3, 0.4) is 0 Å². The Bertz CT molecular complexity index is 949. The number of hydrogen-bond acceptors (Lipinski definition) is 7. The van der Waals surface area contributed by atoms with E-state index in [1.807, 2.05) is 0 Å². The second-order valence-electron chi connectivity index (χ2n) is 4.50. The topological polar surface area (TPSA) is 122 Å². The van der Waals surface area contributed by atoms with E-state index in [4.69, 9.17) is 5.11 Å². The molecule has 0 aliphatic carbocycles. The number of carboxylic acid groups (broad SMARTS) is 1. The van der Waals surface area contributed by atoms with Gasteiger partial charge in [-0.3, -0.25) is 15.0 Å². The van der Waals surface area contributed by atoms with Gasteiger partial charge in [0.2, 0.25) is 0 Å². The highest BCUT2D eigenvalue weighted by Crippen LogP contribution is 2.34. The van der Waals surface area contributed by atoms with E-state index >= 15 is 0 Å². The number of aromatic carboxylic acids is 1. The van der Waals surface area contributed by atoms with Crippen LogP contribution in [-0.2, 0) is 0 Å². The molecule has 3 aromatic rings. The van der Waals surface area contributed by atoms with Crippen molar-refractivity contribution >= 4 is 23.4 Å². The van der Waals surface area contributed by atoms with E-state index in [0.717, 1.165) is 11.8 Å². The van der Waals surface area contributed by atoms with E-state index < -0.39 is 17.1 Å². The molecule has 0 aliphatic heterocycles. The number of pyridine rings is 1. The van der Waals surface area contributed by atoms with Crippen LogP contribution in [0.5, 0.6) is 5.75 Å². The first-order chi connectivity index (χ1) is 11.0. The van der Waals surface area contributed by atoms with Crippen LogP contribution >= 0.6 is 11.8 Å². The zero-order valence-corrected chi connectivity index (χ0v) is 12.2. The van der Waals surface area contributed by atoms with E-state index in [1.165, 1.54) is 24.4 Å². The minimum absolute atomic E-state index is 0.00869. The second-order valence-corrected chi connectivity index (χ2v) is 5.56. The lowest BCUT2D eigenvalue weighted by atomic mass is 10.2. The number of nitrogens with zero attached hydrogens (tertiary/aromatic N) is 2. The molecule has 3 N–H and O–H groups in total. The van der Waals surface area contributed by atoms with Crippen LogP contribution in [0, 0.1) is 0 Å². The van der Waals surface area contributed by atoms with Crippen molar-refractivity contribution in [2.75, 3.05) is 5.43 Å². The smallest absolute Gasteiger partial charge is 0.340 e. The fourth-order valence-electron chi connectivity index (χ4n) is 1.80. The summed E-state index contributed by atoms with van der Waals surface area (Å²) in [6.45, 7) is 0. The van der Waals surface area contributed by atoms with Gasteiger partial charge in [0, 0.05) is 11.1 Å². The summed E-state index contributed by atoms with van der Waals surface area (Å²) in [7, 11) is 0. The van der Waals surface area contributed by atoms with Crippen molar-refractivity contribution in [3.05, 3.63) is 62.8 Å². The van der Waals surface area contributed by atoms with Gasteiger partial charge in [-0.1, -0.05) is 11.8 Å². The Morgan fingerprint density at radius 1 is 1.22 bits per heavy atom. The fourth-order valence-corrected chi connectivity index (χ4v) is 2.62. The Balaban J connectivity index is 1.95. The van der Waals surface area contributed by atoms with Gasteiger partial charge >= 0.3 is 17.1 Å². The van der Waals surface area contributed by atoms with Gasteiger partial charge in [0.05, 0.1) is 11.3 Å². The minimum atomic E-state index is -1.20. The van der Waals surface area contributed by atoms with Gasteiger partial charge in [0.1, 0.15) is 10.8 Å². The molecule has 0 unspecified atom stereocenters. The van der Waals surface area contributed by atoms with Gasteiger partial charge in [-0.05, 0) is 30.3 Å². The molecule has 8 nitrogen and oxygen atoms in total. The van der Waals surface area contributed by atoms with Crippen molar-refractivity contribution in [1.82, 2.24) is 9.66 Å². The van der Waals surface area contributed by atoms with E-state index in [-0.39, 0.29) is 17.0 Å². The highest BCUT2D eigenvalue weighted by Gasteiger charge is 2.19. The van der Waals surface area contributed by atoms with E-state index in [1.54, 1.807) is 12.1 Å². The SMILES string of the molecule is O=C(O)c1ccc(Sc2ncccc2O)cc1Nn1c(=O)c1=O. The molecule has 0 bridgehead atoms. The number of nitrogens with one attached hydrogen (secondary N) is 1. The van der Waals surface area contributed by atoms with Crippen LogP contribution in [0.25, 0.3) is 0 Å². The molecular weight excluding hydrogens is 322 g/mol. The van der Waals surface area contributed by atoms with Crippen LogP contribution in [0.2, 0.25) is 0 Å².